The molecule has 0 aliphatic carbocycles. The first-order valence-corrected chi connectivity index (χ1v) is 11.2. The minimum Gasteiger partial charge on any atom is -0.545 e. The second-order valence-electron chi connectivity index (χ2n) is 8.81. The van der Waals surface area contributed by atoms with Crippen LogP contribution in [0.25, 0.3) is 0 Å². The van der Waals surface area contributed by atoms with Crippen LogP contribution >= 0.6 is 0 Å². The Morgan fingerprint density at radius 3 is 1.86 bits per heavy atom. The summed E-state index contributed by atoms with van der Waals surface area (Å²) in [6.45, 7) is 3.35. The van der Waals surface area contributed by atoms with Gasteiger partial charge in [0.1, 0.15) is 12.3 Å². The number of carboxylic acids is 1. The lowest BCUT2D eigenvalue weighted by Crippen LogP contribution is -2.36. The maximum absolute atomic E-state index is 10.8. The van der Waals surface area contributed by atoms with Crippen LogP contribution in [-0.4, -0.2) is 55.0 Å². The number of aromatic carboxylic acids is 1. The molecular formula is C24H43NO4. The van der Waals surface area contributed by atoms with Gasteiger partial charge in [-0.25, -0.2) is 0 Å². The topological polar surface area (TPSA) is 80.6 Å². The number of aryl methyl sites for hydroxylation is 1. The maximum Gasteiger partial charge on any atom is 0.124 e. The zero-order valence-electron chi connectivity index (χ0n) is 19.1. The first kappa shape index (κ1) is 27.4. The zero-order chi connectivity index (χ0) is 22.1. The molecule has 0 bridgehead atoms. The van der Waals surface area contributed by atoms with Crippen LogP contribution < -0.4 is 5.11 Å². The van der Waals surface area contributed by atoms with Crippen LogP contribution in [0.4, 0.5) is 0 Å². The zero-order valence-corrected chi connectivity index (χ0v) is 19.1. The molecule has 168 valence electrons. The molecule has 5 heteroatoms. The Bertz CT molecular complexity index is 552. The highest BCUT2D eigenvalue weighted by molar-refractivity contribution is 5.89. The van der Waals surface area contributed by atoms with Gasteiger partial charge < -0.3 is 24.6 Å². The van der Waals surface area contributed by atoms with Crippen LogP contribution in [0.1, 0.15) is 87.1 Å². The second kappa shape index (κ2) is 16.2. The maximum atomic E-state index is 10.8. The standard InChI is InChI=1S/C19H30O3.C5H14NO/c1-2-3-4-5-6-7-8-9-10-11-12-16-13-14-18(20)17(15-16)19(21)22;1-6(2,3)4-5-7/h13-15,20H,2-12H2,1H3,(H,21,22);7H,4-5H2,1-3H3/q;+1/p-1. The van der Waals surface area contributed by atoms with Crippen LogP contribution in [0.15, 0.2) is 18.2 Å². The molecule has 1 aromatic rings. The fourth-order valence-corrected chi connectivity index (χ4v) is 3.02. The Morgan fingerprint density at radius 1 is 0.931 bits per heavy atom. The first-order valence-electron chi connectivity index (χ1n) is 11.2. The van der Waals surface area contributed by atoms with Crippen LogP contribution in [-0.2, 0) is 6.42 Å². The fraction of sp³-hybridized carbons (Fsp3) is 0.708. The summed E-state index contributed by atoms with van der Waals surface area (Å²) in [7, 11) is 6.16. The number of likely N-dealkylation sites (N-methyl/N-ethyl adjacent to an activating group) is 1. The average Bonchev–Trinajstić information content (AvgIpc) is 2.64. The SMILES string of the molecule is CCCCCCCCCCCCc1ccc(O)c(C(=O)[O-])c1.C[N+](C)(C)CCO. The second-order valence-corrected chi connectivity index (χ2v) is 8.81. The number of aromatic hydroxyl groups is 1. The molecule has 2 N–H and O–H groups in total. The van der Waals surface area contributed by atoms with Gasteiger partial charge in [0.25, 0.3) is 0 Å². The minimum atomic E-state index is -1.32. The Hall–Kier alpha value is -1.59. The normalized spacial score (nSPS) is 11.1. The van der Waals surface area contributed by atoms with E-state index < -0.39 is 5.97 Å². The number of carbonyl (C=O) groups excluding carboxylic acids is 1. The van der Waals surface area contributed by atoms with E-state index in [1.807, 2.05) is 0 Å². The van der Waals surface area contributed by atoms with Crippen LogP contribution in [0.5, 0.6) is 5.75 Å². The molecule has 0 spiro atoms. The van der Waals surface area contributed by atoms with E-state index in [0.717, 1.165) is 29.4 Å². The van der Waals surface area contributed by atoms with E-state index in [0.29, 0.717) is 0 Å². The summed E-state index contributed by atoms with van der Waals surface area (Å²) in [5.74, 6) is -1.53. The fourth-order valence-electron chi connectivity index (χ4n) is 3.02. The highest BCUT2D eigenvalue weighted by Crippen LogP contribution is 2.19. The van der Waals surface area contributed by atoms with Gasteiger partial charge in [0.05, 0.1) is 33.7 Å². The molecule has 0 fully saturated rings. The van der Waals surface area contributed by atoms with Crippen LogP contribution in [0.3, 0.4) is 0 Å². The van der Waals surface area contributed by atoms with Crippen molar-refractivity contribution in [1.82, 2.24) is 0 Å². The summed E-state index contributed by atoms with van der Waals surface area (Å²) in [6, 6.07) is 4.75. The predicted molar refractivity (Wildman–Crippen MR) is 118 cm³/mol. The molecule has 1 rings (SSSR count). The average molecular weight is 410 g/mol. The summed E-state index contributed by atoms with van der Waals surface area (Å²) in [4.78, 5) is 10.8. The van der Waals surface area contributed by atoms with Gasteiger partial charge in [0, 0.05) is 5.56 Å². The summed E-state index contributed by atoms with van der Waals surface area (Å²) < 4.78 is 0.844. The largest absolute Gasteiger partial charge is 0.545 e. The van der Waals surface area contributed by atoms with Gasteiger partial charge >= 0.3 is 0 Å². The van der Waals surface area contributed by atoms with Gasteiger partial charge in [-0.1, -0.05) is 70.8 Å². The molecule has 0 saturated heterocycles. The lowest BCUT2D eigenvalue weighted by atomic mass is 10.0. The number of hydrogen-bond acceptors (Lipinski definition) is 4. The van der Waals surface area contributed by atoms with Crippen molar-refractivity contribution >= 4 is 5.97 Å². The van der Waals surface area contributed by atoms with Crippen molar-refractivity contribution in [2.75, 3.05) is 34.3 Å². The number of quaternary nitrogens is 1. The van der Waals surface area contributed by atoms with E-state index in [9.17, 15) is 15.0 Å². The van der Waals surface area contributed by atoms with Crippen molar-refractivity contribution in [3.8, 4) is 5.75 Å². The van der Waals surface area contributed by atoms with E-state index in [2.05, 4.69) is 28.1 Å². The lowest BCUT2D eigenvalue weighted by Gasteiger charge is -2.21. The number of carboxylic acid groups (broad SMARTS) is 1. The molecule has 0 amide bonds. The molecule has 1 aromatic carbocycles. The van der Waals surface area contributed by atoms with Gasteiger partial charge in [-0.2, -0.15) is 0 Å². The summed E-state index contributed by atoms with van der Waals surface area (Å²) in [5.41, 5.74) is 0.848. The summed E-state index contributed by atoms with van der Waals surface area (Å²) in [6.07, 6.45) is 13.7. The Morgan fingerprint density at radius 2 is 1.45 bits per heavy atom. The highest BCUT2D eigenvalue weighted by atomic mass is 16.4. The van der Waals surface area contributed by atoms with Crippen molar-refractivity contribution < 1.29 is 24.6 Å². The van der Waals surface area contributed by atoms with E-state index >= 15 is 0 Å². The number of aliphatic hydroxyl groups is 1. The Balaban J connectivity index is 0.000000956. The van der Waals surface area contributed by atoms with Gasteiger partial charge in [0.15, 0.2) is 0 Å². The van der Waals surface area contributed by atoms with Crippen molar-refractivity contribution in [3.63, 3.8) is 0 Å². The number of phenols is 1. The molecule has 0 saturated carbocycles. The van der Waals surface area contributed by atoms with E-state index in [1.165, 1.54) is 69.9 Å². The smallest absolute Gasteiger partial charge is 0.124 e. The van der Waals surface area contributed by atoms with Crippen LogP contribution in [0, 0.1) is 0 Å². The third-order valence-corrected chi connectivity index (χ3v) is 4.87. The predicted octanol–water partition coefficient (Wildman–Crippen LogP) is 3.90. The number of aliphatic hydroxyl groups excluding tert-OH is 1. The summed E-state index contributed by atoms with van der Waals surface area (Å²) in [5, 5.41) is 28.7. The van der Waals surface area contributed by atoms with E-state index in [1.54, 1.807) is 6.07 Å². The number of hydrogen-bond donors (Lipinski definition) is 2. The molecule has 0 aliphatic rings. The third kappa shape index (κ3) is 16.0. The number of carbonyl (C=O) groups is 1. The molecule has 0 aliphatic heterocycles. The first-order chi connectivity index (χ1) is 13.7. The molecule has 0 unspecified atom stereocenters. The van der Waals surface area contributed by atoms with Crippen molar-refractivity contribution in [2.45, 2.75) is 77.6 Å². The van der Waals surface area contributed by atoms with Crippen molar-refractivity contribution in [1.29, 1.82) is 0 Å². The molecule has 0 atom stereocenters. The van der Waals surface area contributed by atoms with Crippen molar-refractivity contribution in [3.05, 3.63) is 29.3 Å². The third-order valence-electron chi connectivity index (χ3n) is 4.87. The molecule has 0 radical (unpaired) electrons. The van der Waals surface area contributed by atoms with E-state index in [4.69, 9.17) is 5.11 Å². The monoisotopic (exact) mass is 409 g/mol. The molecule has 5 nitrogen and oxygen atoms in total. The Kier molecular flexibility index (Phi) is 15.3. The van der Waals surface area contributed by atoms with Gasteiger partial charge in [-0.15, -0.1) is 0 Å². The molecule has 0 heterocycles. The van der Waals surface area contributed by atoms with Gasteiger partial charge in [0.2, 0.25) is 0 Å². The van der Waals surface area contributed by atoms with E-state index in [-0.39, 0.29) is 17.9 Å². The Labute approximate surface area is 178 Å². The summed E-state index contributed by atoms with van der Waals surface area (Å²) >= 11 is 0. The van der Waals surface area contributed by atoms with Crippen molar-refractivity contribution in [2.24, 2.45) is 0 Å². The number of unbranched alkanes of at least 4 members (excludes halogenated alkanes) is 9. The van der Waals surface area contributed by atoms with Gasteiger partial charge in [-0.05, 0) is 30.5 Å². The number of rotatable bonds is 14. The van der Waals surface area contributed by atoms with Gasteiger partial charge in [-0.3, -0.25) is 0 Å². The lowest BCUT2D eigenvalue weighted by molar-refractivity contribution is -0.870. The minimum absolute atomic E-state index is 0.107. The quantitative estimate of drug-likeness (QED) is 0.361. The number of nitrogens with zero attached hydrogens (tertiary/aromatic N) is 1. The highest BCUT2D eigenvalue weighted by Gasteiger charge is 2.04. The van der Waals surface area contributed by atoms with Crippen LogP contribution in [0.2, 0.25) is 0 Å². The number of benzene rings is 1. The molecule has 0 aromatic heterocycles. The molecular weight excluding hydrogens is 366 g/mol. The molecule has 29 heavy (non-hydrogen) atoms.